The largest absolute Gasteiger partial charge is 2.00 e. The first-order chi connectivity index (χ1) is 3.89. The van der Waals surface area contributed by atoms with Crippen molar-refractivity contribution in [1.29, 1.82) is 0 Å². The Morgan fingerprint density at radius 2 is 1.56 bits per heavy atom. The molecule has 52 valence electrons. The molecule has 0 spiro atoms. The van der Waals surface area contributed by atoms with Crippen LogP contribution in [0.3, 0.4) is 0 Å². The third-order valence-corrected chi connectivity index (χ3v) is 0.829. The summed E-state index contributed by atoms with van der Waals surface area (Å²) in [6.45, 7) is 2.08. The molecule has 0 aliphatic carbocycles. The van der Waals surface area contributed by atoms with Gasteiger partial charge in [0.05, 0.1) is 0 Å². The van der Waals surface area contributed by atoms with Gasteiger partial charge in [-0.3, -0.25) is 0 Å². The first-order valence-electron chi connectivity index (χ1n) is 2.26. The minimum Gasteiger partial charge on any atom is -0.577 e. The minimum absolute atomic E-state index is 0. The summed E-state index contributed by atoms with van der Waals surface area (Å²) in [5.74, 6) is 0. The molecular weight excluding hydrogens is 161 g/mol. The predicted molar refractivity (Wildman–Crippen MR) is 33.5 cm³/mol. The molecule has 3 heteroatoms. The van der Waals surface area contributed by atoms with Crippen LogP contribution in [0.2, 0.25) is 0 Å². The maximum Gasteiger partial charge on any atom is 2.00 e. The number of hydrogen-bond acceptors (Lipinski definition) is 1. The SMILES string of the molecule is C[c-]1cccc1.[N-]=O.[Ni+2]. The Morgan fingerprint density at radius 1 is 1.22 bits per heavy atom. The van der Waals surface area contributed by atoms with E-state index >= 15 is 0 Å². The van der Waals surface area contributed by atoms with Crippen LogP contribution in [0.4, 0.5) is 0 Å². The normalized spacial score (nSPS) is 6.33. The van der Waals surface area contributed by atoms with Crippen LogP contribution >= 0.6 is 0 Å². The van der Waals surface area contributed by atoms with Crippen LogP contribution in [0.15, 0.2) is 24.3 Å². The minimum atomic E-state index is 0. The van der Waals surface area contributed by atoms with Crippen molar-refractivity contribution in [3.8, 4) is 0 Å². The van der Waals surface area contributed by atoms with Gasteiger partial charge in [-0.2, -0.15) is 17.7 Å². The molecule has 0 aromatic heterocycles. The van der Waals surface area contributed by atoms with Crippen LogP contribution < -0.4 is 0 Å². The van der Waals surface area contributed by atoms with E-state index in [0.29, 0.717) is 0 Å². The van der Waals surface area contributed by atoms with Crippen LogP contribution in [0.25, 0.3) is 5.59 Å². The van der Waals surface area contributed by atoms with Gasteiger partial charge in [0.25, 0.3) is 0 Å². The van der Waals surface area contributed by atoms with Gasteiger partial charge in [0, 0.05) is 0 Å². The van der Waals surface area contributed by atoms with Gasteiger partial charge in [0.2, 0.25) is 0 Å². The van der Waals surface area contributed by atoms with E-state index in [1.54, 1.807) is 0 Å². The van der Waals surface area contributed by atoms with Crippen molar-refractivity contribution < 1.29 is 16.5 Å². The monoisotopic (exact) mass is 167 g/mol. The molecule has 0 unspecified atom stereocenters. The van der Waals surface area contributed by atoms with Gasteiger partial charge < -0.3 is 10.5 Å². The molecule has 1 aromatic rings. The van der Waals surface area contributed by atoms with Crippen molar-refractivity contribution in [3.63, 3.8) is 0 Å². The van der Waals surface area contributed by atoms with E-state index < -0.39 is 0 Å². The Bertz CT molecular complexity index is 128. The van der Waals surface area contributed by atoms with Gasteiger partial charge in [0.15, 0.2) is 0 Å². The molecule has 0 saturated heterocycles. The number of nitrogens with zero attached hydrogens (tertiary/aromatic N) is 1. The summed E-state index contributed by atoms with van der Waals surface area (Å²) in [4.78, 5) is 7.25. The quantitative estimate of drug-likeness (QED) is 0.431. The van der Waals surface area contributed by atoms with E-state index in [0.717, 1.165) is 0 Å². The molecule has 2 nitrogen and oxygen atoms in total. The molecule has 0 saturated carbocycles. The van der Waals surface area contributed by atoms with Crippen LogP contribution in [0.1, 0.15) is 5.56 Å². The van der Waals surface area contributed by atoms with Crippen molar-refractivity contribution in [2.45, 2.75) is 6.92 Å². The van der Waals surface area contributed by atoms with Crippen LogP contribution in [0.5, 0.6) is 0 Å². The third kappa shape index (κ3) is 5.31. The van der Waals surface area contributed by atoms with E-state index in [4.69, 9.17) is 10.5 Å². The molecule has 0 aliphatic rings. The van der Waals surface area contributed by atoms with Crippen LogP contribution in [-0.4, -0.2) is 0 Å². The molecule has 0 N–H and O–H groups in total. The smallest absolute Gasteiger partial charge is 0.577 e. The van der Waals surface area contributed by atoms with Gasteiger partial charge >= 0.3 is 16.5 Å². The molecule has 1 aromatic carbocycles. The fourth-order valence-corrected chi connectivity index (χ4v) is 0.470. The summed E-state index contributed by atoms with van der Waals surface area (Å²) >= 11 is 0. The first kappa shape index (κ1) is 11.3. The third-order valence-electron chi connectivity index (χ3n) is 0.829. The van der Waals surface area contributed by atoms with Crippen LogP contribution in [0, 0.1) is 11.8 Å². The zero-order chi connectivity index (χ0) is 6.41. The summed E-state index contributed by atoms with van der Waals surface area (Å²) < 4.78 is 0. The van der Waals surface area contributed by atoms with E-state index in [1.807, 2.05) is 12.1 Å². The molecule has 0 amide bonds. The maximum atomic E-state index is 7.25. The molecule has 1 rings (SSSR count). The molecule has 0 atom stereocenters. The Labute approximate surface area is 64.3 Å². The molecule has 0 bridgehead atoms. The summed E-state index contributed by atoms with van der Waals surface area (Å²) in [6.07, 6.45) is 0. The number of rotatable bonds is 0. The van der Waals surface area contributed by atoms with Gasteiger partial charge in [0.1, 0.15) is 0 Å². The number of hydrogen-bond donors (Lipinski definition) is 0. The molecular formula is C6H7NNiO. The molecule has 0 radical (unpaired) electrons. The molecule has 0 aliphatic heterocycles. The van der Waals surface area contributed by atoms with Crippen molar-refractivity contribution in [3.05, 3.63) is 40.3 Å². The average molecular weight is 168 g/mol. The zero-order valence-electron chi connectivity index (χ0n) is 4.98. The van der Waals surface area contributed by atoms with E-state index in [-0.39, 0.29) is 16.5 Å². The number of aryl methyl sites for hydroxylation is 1. The molecule has 9 heavy (non-hydrogen) atoms. The summed E-state index contributed by atoms with van der Waals surface area (Å²) in [5, 5.41) is 0. The Balaban J connectivity index is 0. The Hall–Kier alpha value is -0.556. The van der Waals surface area contributed by atoms with E-state index in [1.165, 1.54) is 5.56 Å². The van der Waals surface area contributed by atoms with Gasteiger partial charge in [-0.15, -0.1) is 0 Å². The average Bonchev–Trinajstić information content (AvgIpc) is 2.24. The Morgan fingerprint density at radius 3 is 1.67 bits per heavy atom. The van der Waals surface area contributed by atoms with Crippen LogP contribution in [-0.2, 0) is 16.5 Å². The summed E-state index contributed by atoms with van der Waals surface area (Å²) in [7, 11) is 0. The second-order valence-corrected chi connectivity index (χ2v) is 1.46. The Kier molecular flexibility index (Phi) is 9.32. The van der Waals surface area contributed by atoms with E-state index in [2.05, 4.69) is 19.1 Å². The summed E-state index contributed by atoms with van der Waals surface area (Å²) in [5.41, 5.74) is 7.09. The topological polar surface area (TPSA) is 39.4 Å². The van der Waals surface area contributed by atoms with Crippen molar-refractivity contribution in [2.24, 2.45) is 0 Å². The van der Waals surface area contributed by atoms with Gasteiger partial charge in [-0.1, -0.05) is 6.92 Å². The zero-order valence-corrected chi connectivity index (χ0v) is 5.97. The molecule has 0 fully saturated rings. The second-order valence-electron chi connectivity index (χ2n) is 1.46. The number of nitroso groups, excluding NO2 is 1. The van der Waals surface area contributed by atoms with Gasteiger partial charge in [-0.05, 0) is 0 Å². The van der Waals surface area contributed by atoms with Gasteiger partial charge in [-0.25, -0.2) is 12.1 Å². The predicted octanol–water partition coefficient (Wildman–Crippen LogP) is 2.03. The second kappa shape index (κ2) is 7.44. The van der Waals surface area contributed by atoms with Crippen molar-refractivity contribution in [2.75, 3.05) is 0 Å². The standard InChI is InChI=1S/C6H7.NO.Ni/c1-6-4-2-3-5-6;1-2;/h2-5H,1H3;;/q2*-1;+2. The summed E-state index contributed by atoms with van der Waals surface area (Å²) in [6, 6.07) is 8.24. The van der Waals surface area contributed by atoms with E-state index in [9.17, 15) is 0 Å². The maximum absolute atomic E-state index is 7.25. The fourth-order valence-electron chi connectivity index (χ4n) is 0.470. The van der Waals surface area contributed by atoms with Crippen molar-refractivity contribution >= 4 is 0 Å². The van der Waals surface area contributed by atoms with Crippen molar-refractivity contribution in [1.82, 2.24) is 0 Å². The molecule has 0 heterocycles. The first-order valence-corrected chi connectivity index (χ1v) is 2.26. The fraction of sp³-hybridized carbons (Fsp3) is 0.167.